The van der Waals surface area contributed by atoms with Crippen molar-refractivity contribution in [3.8, 4) is 0 Å². The summed E-state index contributed by atoms with van der Waals surface area (Å²) in [5.41, 5.74) is 1.39. The number of benzene rings is 1. The van der Waals surface area contributed by atoms with Gasteiger partial charge in [-0.1, -0.05) is 23.9 Å². The minimum atomic E-state index is -0.509. The molecule has 0 aliphatic heterocycles. The summed E-state index contributed by atoms with van der Waals surface area (Å²) in [7, 11) is 0. The predicted octanol–water partition coefficient (Wildman–Crippen LogP) is 3.82. The second-order valence-electron chi connectivity index (χ2n) is 5.83. The summed E-state index contributed by atoms with van der Waals surface area (Å²) in [4.78, 5) is 33.8. The molecule has 0 saturated carbocycles. The summed E-state index contributed by atoms with van der Waals surface area (Å²) >= 11 is 3.04. The molecule has 1 aromatic carbocycles. The van der Waals surface area contributed by atoms with Crippen LogP contribution in [0.4, 0.5) is 11.4 Å². The molecule has 1 N–H and O–H groups in total. The molecule has 9 heteroatoms. The number of thiophene rings is 1. The van der Waals surface area contributed by atoms with Crippen LogP contribution in [0.5, 0.6) is 0 Å². The lowest BCUT2D eigenvalue weighted by molar-refractivity contribution is -0.383. The first-order valence-corrected chi connectivity index (χ1v) is 9.85. The number of hydrogen-bond acceptors (Lipinski definition) is 7. The van der Waals surface area contributed by atoms with Crippen LogP contribution in [0.25, 0.3) is 10.2 Å². The number of anilines is 1. The molecule has 1 aliphatic carbocycles. The number of thioether (sulfide) groups is 1. The lowest BCUT2D eigenvalue weighted by atomic mass is 10.2. The van der Waals surface area contributed by atoms with Crippen LogP contribution >= 0.6 is 23.1 Å². The van der Waals surface area contributed by atoms with Crippen LogP contribution in [-0.4, -0.2) is 26.6 Å². The van der Waals surface area contributed by atoms with Crippen molar-refractivity contribution in [3.63, 3.8) is 0 Å². The van der Waals surface area contributed by atoms with Crippen molar-refractivity contribution in [1.82, 2.24) is 9.97 Å². The number of aryl methyl sites for hydroxylation is 2. The highest BCUT2D eigenvalue weighted by Gasteiger charge is 2.22. The Kier molecular flexibility index (Phi) is 4.56. The molecule has 0 saturated heterocycles. The third kappa shape index (κ3) is 3.15. The third-order valence-electron chi connectivity index (χ3n) is 4.18. The highest BCUT2D eigenvalue weighted by atomic mass is 32.2. The number of nitro groups is 1. The van der Waals surface area contributed by atoms with E-state index in [2.05, 4.69) is 15.3 Å². The second-order valence-corrected chi connectivity index (χ2v) is 7.88. The topological polar surface area (TPSA) is 98.0 Å². The standard InChI is InChI=1S/C17H14N4O3S2/c22-14(20-11-5-1-2-6-12(11)21(23)24)8-25-16-15-10-4-3-7-13(10)26-17(15)19-9-18-16/h1-2,5-6,9H,3-4,7-8H2,(H,20,22). The number of amides is 1. The van der Waals surface area contributed by atoms with Gasteiger partial charge in [0.15, 0.2) is 0 Å². The maximum Gasteiger partial charge on any atom is 0.292 e. The smallest absolute Gasteiger partial charge is 0.292 e. The number of para-hydroxylation sites is 2. The van der Waals surface area contributed by atoms with E-state index in [0.29, 0.717) is 0 Å². The van der Waals surface area contributed by atoms with Crippen molar-refractivity contribution in [1.29, 1.82) is 0 Å². The molecule has 132 valence electrons. The maximum atomic E-state index is 12.3. The van der Waals surface area contributed by atoms with Crippen molar-refractivity contribution in [2.45, 2.75) is 24.3 Å². The number of rotatable bonds is 5. The molecule has 1 amide bonds. The SMILES string of the molecule is O=C(CSc1ncnc2sc3c(c12)CCC3)Nc1ccccc1[N+](=O)[O-]. The fraction of sp³-hybridized carbons (Fsp3) is 0.235. The minimum absolute atomic E-state index is 0.120. The molecule has 0 unspecified atom stereocenters. The fourth-order valence-corrected chi connectivity index (χ4v) is 5.19. The summed E-state index contributed by atoms with van der Waals surface area (Å²) in [5.74, 6) is -0.175. The Morgan fingerprint density at radius 3 is 3.00 bits per heavy atom. The molecule has 7 nitrogen and oxygen atoms in total. The van der Waals surface area contributed by atoms with Crippen LogP contribution in [-0.2, 0) is 17.6 Å². The molecular weight excluding hydrogens is 372 g/mol. The van der Waals surface area contributed by atoms with E-state index in [-0.39, 0.29) is 23.0 Å². The molecule has 0 fully saturated rings. The summed E-state index contributed by atoms with van der Waals surface area (Å²) in [6.07, 6.45) is 4.78. The van der Waals surface area contributed by atoms with Gasteiger partial charge >= 0.3 is 0 Å². The second kappa shape index (κ2) is 7.00. The van der Waals surface area contributed by atoms with E-state index in [1.807, 2.05) is 0 Å². The first-order chi connectivity index (χ1) is 12.6. The number of carbonyl (C=O) groups is 1. The largest absolute Gasteiger partial charge is 0.320 e. The third-order valence-corrected chi connectivity index (χ3v) is 6.37. The van der Waals surface area contributed by atoms with Crippen LogP contribution in [0, 0.1) is 10.1 Å². The zero-order valence-corrected chi connectivity index (χ0v) is 15.2. The molecule has 0 radical (unpaired) electrons. The number of fused-ring (bicyclic) bond motifs is 3. The van der Waals surface area contributed by atoms with E-state index in [0.717, 1.165) is 34.5 Å². The highest BCUT2D eigenvalue weighted by Crippen LogP contribution is 2.40. The first-order valence-electron chi connectivity index (χ1n) is 8.05. The predicted molar refractivity (Wildman–Crippen MR) is 102 cm³/mol. The van der Waals surface area contributed by atoms with Crippen LogP contribution in [0.3, 0.4) is 0 Å². The molecule has 0 spiro atoms. The van der Waals surface area contributed by atoms with Gasteiger partial charge in [-0.15, -0.1) is 11.3 Å². The van der Waals surface area contributed by atoms with E-state index in [4.69, 9.17) is 0 Å². The Balaban J connectivity index is 1.51. The molecular formula is C17H14N4O3S2. The number of aromatic nitrogens is 2. The Morgan fingerprint density at radius 1 is 1.31 bits per heavy atom. The quantitative estimate of drug-likeness (QED) is 0.310. The van der Waals surface area contributed by atoms with E-state index >= 15 is 0 Å². The Hall–Kier alpha value is -2.52. The van der Waals surface area contributed by atoms with Crippen LogP contribution in [0.2, 0.25) is 0 Å². The first kappa shape index (κ1) is 16.9. The molecule has 26 heavy (non-hydrogen) atoms. The maximum absolute atomic E-state index is 12.3. The summed E-state index contributed by atoms with van der Waals surface area (Å²) < 4.78 is 0. The Bertz CT molecular complexity index is 1020. The van der Waals surface area contributed by atoms with Gasteiger partial charge < -0.3 is 5.32 Å². The lowest BCUT2D eigenvalue weighted by Crippen LogP contribution is -2.15. The molecule has 1 aliphatic rings. The van der Waals surface area contributed by atoms with Crippen molar-refractivity contribution in [2.75, 3.05) is 11.1 Å². The average molecular weight is 386 g/mol. The van der Waals surface area contributed by atoms with Gasteiger partial charge in [0.25, 0.3) is 5.69 Å². The van der Waals surface area contributed by atoms with Gasteiger partial charge in [0, 0.05) is 16.3 Å². The van der Waals surface area contributed by atoms with E-state index in [9.17, 15) is 14.9 Å². The zero-order chi connectivity index (χ0) is 18.1. The molecule has 2 heterocycles. The van der Waals surface area contributed by atoms with Gasteiger partial charge in [0.05, 0.1) is 10.7 Å². The number of hydrogen-bond donors (Lipinski definition) is 1. The van der Waals surface area contributed by atoms with Crippen molar-refractivity contribution in [2.24, 2.45) is 0 Å². The van der Waals surface area contributed by atoms with Gasteiger partial charge in [-0.2, -0.15) is 0 Å². The van der Waals surface area contributed by atoms with Crippen LogP contribution < -0.4 is 5.32 Å². The highest BCUT2D eigenvalue weighted by molar-refractivity contribution is 8.00. The van der Waals surface area contributed by atoms with Gasteiger partial charge in [-0.05, 0) is 30.9 Å². The number of nitrogens with zero attached hydrogens (tertiary/aromatic N) is 3. The lowest BCUT2D eigenvalue weighted by Gasteiger charge is -2.06. The van der Waals surface area contributed by atoms with Crippen LogP contribution in [0.1, 0.15) is 16.9 Å². The van der Waals surface area contributed by atoms with Crippen molar-refractivity contribution < 1.29 is 9.72 Å². The van der Waals surface area contributed by atoms with Gasteiger partial charge in [0.1, 0.15) is 21.9 Å². The molecule has 0 bridgehead atoms. The zero-order valence-electron chi connectivity index (χ0n) is 13.6. The minimum Gasteiger partial charge on any atom is -0.320 e. The monoisotopic (exact) mass is 386 g/mol. The Labute approximate surface area is 157 Å². The number of nitrogens with one attached hydrogen (secondary N) is 1. The van der Waals surface area contributed by atoms with E-state index in [1.165, 1.54) is 40.7 Å². The van der Waals surface area contributed by atoms with E-state index < -0.39 is 4.92 Å². The fourth-order valence-electron chi connectivity index (χ4n) is 3.07. The number of carbonyl (C=O) groups excluding carboxylic acids is 1. The Morgan fingerprint density at radius 2 is 2.15 bits per heavy atom. The van der Waals surface area contributed by atoms with Crippen molar-refractivity contribution in [3.05, 3.63) is 51.1 Å². The van der Waals surface area contributed by atoms with Gasteiger partial charge in [-0.25, -0.2) is 9.97 Å². The average Bonchev–Trinajstić information content (AvgIpc) is 3.21. The van der Waals surface area contributed by atoms with Crippen LogP contribution in [0.15, 0.2) is 35.6 Å². The van der Waals surface area contributed by atoms with Crippen molar-refractivity contribution >= 4 is 50.6 Å². The summed E-state index contributed by atoms with van der Waals surface area (Å²) in [6.45, 7) is 0. The molecule has 2 aromatic heterocycles. The van der Waals surface area contributed by atoms with E-state index in [1.54, 1.807) is 23.5 Å². The molecule has 3 aromatic rings. The number of nitro benzene ring substituents is 1. The molecule has 4 rings (SSSR count). The summed E-state index contributed by atoms with van der Waals surface area (Å²) in [6, 6.07) is 6.11. The van der Waals surface area contributed by atoms with Gasteiger partial charge in [-0.3, -0.25) is 14.9 Å². The molecule has 0 atom stereocenters. The van der Waals surface area contributed by atoms with Gasteiger partial charge in [0.2, 0.25) is 5.91 Å². The normalized spacial score (nSPS) is 12.9. The summed E-state index contributed by atoms with van der Waals surface area (Å²) in [5, 5.41) is 15.5.